The van der Waals surface area contributed by atoms with E-state index in [1.165, 1.54) is 5.56 Å². The summed E-state index contributed by atoms with van der Waals surface area (Å²) in [6.07, 6.45) is 1.66. The fraction of sp³-hybridized carbons (Fsp3) is 0.286. The zero-order valence-electron chi connectivity index (χ0n) is 9.71. The summed E-state index contributed by atoms with van der Waals surface area (Å²) in [4.78, 5) is 13.7. The standard InChI is InChI=1S/C14H12N2O2/c15-5-6-16-12-7-9-3-1-2-4-10(9)13(12)11(8-17)14(16)18/h1-4,8,12-13,17H,6-7H2/b11-8+. The van der Waals surface area contributed by atoms with Gasteiger partial charge in [0.05, 0.1) is 17.9 Å². The van der Waals surface area contributed by atoms with Gasteiger partial charge in [0.1, 0.15) is 6.54 Å². The van der Waals surface area contributed by atoms with Gasteiger partial charge in [0, 0.05) is 12.0 Å². The zero-order valence-corrected chi connectivity index (χ0v) is 9.71. The third kappa shape index (κ3) is 1.28. The van der Waals surface area contributed by atoms with Gasteiger partial charge in [0.25, 0.3) is 5.91 Å². The maximum absolute atomic E-state index is 12.1. The SMILES string of the molecule is N#CCN1C(=O)/C(=C/O)C2c3ccccc3CC21. The number of amides is 1. The average Bonchev–Trinajstić information content (AvgIpc) is 2.87. The highest BCUT2D eigenvalue weighted by molar-refractivity contribution is 5.98. The van der Waals surface area contributed by atoms with E-state index in [0.717, 1.165) is 18.2 Å². The van der Waals surface area contributed by atoms with Crippen molar-refractivity contribution < 1.29 is 9.90 Å². The molecule has 1 saturated heterocycles. The van der Waals surface area contributed by atoms with E-state index in [0.29, 0.717) is 5.57 Å². The Balaban J connectivity index is 2.09. The Morgan fingerprint density at radius 1 is 1.50 bits per heavy atom. The lowest BCUT2D eigenvalue weighted by atomic mass is 9.94. The minimum absolute atomic E-state index is 0.0204. The van der Waals surface area contributed by atoms with Crippen molar-refractivity contribution in [3.63, 3.8) is 0 Å². The first-order valence-corrected chi connectivity index (χ1v) is 5.88. The molecule has 1 aliphatic heterocycles. The number of carbonyl (C=O) groups excluding carboxylic acids is 1. The van der Waals surface area contributed by atoms with Crippen molar-refractivity contribution in [1.29, 1.82) is 5.26 Å². The van der Waals surface area contributed by atoms with Crippen LogP contribution >= 0.6 is 0 Å². The van der Waals surface area contributed by atoms with Crippen LogP contribution < -0.4 is 0 Å². The fourth-order valence-electron chi connectivity index (χ4n) is 3.09. The van der Waals surface area contributed by atoms with Crippen LogP contribution in [0.4, 0.5) is 0 Å². The summed E-state index contributed by atoms with van der Waals surface area (Å²) >= 11 is 0. The van der Waals surface area contributed by atoms with Crippen LogP contribution in [0.15, 0.2) is 36.1 Å². The van der Waals surface area contributed by atoms with Gasteiger partial charge in [-0.3, -0.25) is 4.79 Å². The van der Waals surface area contributed by atoms with Crippen LogP contribution in [0, 0.1) is 11.3 Å². The topological polar surface area (TPSA) is 64.3 Å². The highest BCUT2D eigenvalue weighted by Gasteiger charge is 2.48. The molecule has 4 nitrogen and oxygen atoms in total. The third-order valence-corrected chi connectivity index (χ3v) is 3.83. The van der Waals surface area contributed by atoms with E-state index in [9.17, 15) is 9.90 Å². The lowest BCUT2D eigenvalue weighted by Crippen LogP contribution is -2.34. The molecule has 0 aromatic heterocycles. The second kappa shape index (κ2) is 3.88. The summed E-state index contributed by atoms with van der Waals surface area (Å²) in [5.41, 5.74) is 2.69. The van der Waals surface area contributed by atoms with Crippen molar-refractivity contribution in [2.45, 2.75) is 18.4 Å². The zero-order chi connectivity index (χ0) is 12.7. The summed E-state index contributed by atoms with van der Waals surface area (Å²) in [6, 6.07) is 9.94. The van der Waals surface area contributed by atoms with Crippen LogP contribution in [0.3, 0.4) is 0 Å². The molecule has 2 aliphatic rings. The van der Waals surface area contributed by atoms with Gasteiger partial charge >= 0.3 is 0 Å². The smallest absolute Gasteiger partial charge is 0.254 e. The molecule has 1 aromatic carbocycles. The molecule has 1 fully saturated rings. The van der Waals surface area contributed by atoms with Crippen molar-refractivity contribution in [3.05, 3.63) is 47.2 Å². The summed E-state index contributed by atoms with van der Waals surface area (Å²) in [5.74, 6) is -0.310. The predicted octanol–water partition coefficient (Wildman–Crippen LogP) is 1.50. The normalized spacial score (nSPS) is 27.2. The third-order valence-electron chi connectivity index (χ3n) is 3.83. The molecule has 1 aromatic rings. The number of hydrogen-bond donors (Lipinski definition) is 1. The quantitative estimate of drug-likeness (QED) is 0.459. The summed E-state index contributed by atoms with van der Waals surface area (Å²) in [6.45, 7) is 0.0747. The van der Waals surface area contributed by atoms with Crippen LogP contribution in [0.1, 0.15) is 17.0 Å². The van der Waals surface area contributed by atoms with E-state index < -0.39 is 0 Å². The van der Waals surface area contributed by atoms with Crippen LogP contribution in [0.5, 0.6) is 0 Å². The molecular formula is C14H12N2O2. The van der Waals surface area contributed by atoms with E-state index in [-0.39, 0.29) is 24.4 Å². The largest absolute Gasteiger partial charge is 0.515 e. The van der Waals surface area contributed by atoms with Crippen molar-refractivity contribution in [1.82, 2.24) is 4.90 Å². The van der Waals surface area contributed by atoms with Crippen LogP contribution in [0.25, 0.3) is 0 Å². The fourth-order valence-corrected chi connectivity index (χ4v) is 3.09. The van der Waals surface area contributed by atoms with E-state index >= 15 is 0 Å². The highest BCUT2D eigenvalue weighted by atomic mass is 16.2. The Bertz CT molecular complexity index is 586. The minimum Gasteiger partial charge on any atom is -0.515 e. The van der Waals surface area contributed by atoms with E-state index in [2.05, 4.69) is 0 Å². The number of rotatable bonds is 1. The lowest BCUT2D eigenvalue weighted by molar-refractivity contribution is -0.125. The van der Waals surface area contributed by atoms with Crippen molar-refractivity contribution in [2.75, 3.05) is 6.54 Å². The summed E-state index contributed by atoms with van der Waals surface area (Å²) in [5, 5.41) is 18.1. The second-order valence-corrected chi connectivity index (χ2v) is 4.62. The van der Waals surface area contributed by atoms with Crippen molar-refractivity contribution >= 4 is 5.91 Å². The number of benzene rings is 1. The number of aliphatic hydroxyl groups excluding tert-OH is 1. The summed E-state index contributed by atoms with van der Waals surface area (Å²) in [7, 11) is 0. The number of nitriles is 1. The van der Waals surface area contributed by atoms with Gasteiger partial charge in [0.2, 0.25) is 0 Å². The first-order valence-electron chi connectivity index (χ1n) is 5.88. The molecule has 0 saturated carbocycles. The first kappa shape index (κ1) is 10.8. The molecule has 0 radical (unpaired) electrons. The molecule has 0 bridgehead atoms. The van der Waals surface area contributed by atoms with Crippen molar-refractivity contribution in [2.24, 2.45) is 0 Å². The molecule has 0 spiro atoms. The van der Waals surface area contributed by atoms with Crippen LogP contribution in [-0.2, 0) is 11.2 Å². The Morgan fingerprint density at radius 3 is 3.00 bits per heavy atom. The molecule has 1 heterocycles. The molecule has 90 valence electrons. The Morgan fingerprint density at radius 2 is 2.28 bits per heavy atom. The molecule has 2 atom stereocenters. The van der Waals surface area contributed by atoms with E-state index in [4.69, 9.17) is 5.26 Å². The molecule has 1 N–H and O–H groups in total. The number of carbonyl (C=O) groups is 1. The predicted molar refractivity (Wildman–Crippen MR) is 64.7 cm³/mol. The number of hydrogen-bond acceptors (Lipinski definition) is 3. The molecule has 1 amide bonds. The molecule has 1 aliphatic carbocycles. The van der Waals surface area contributed by atoms with Gasteiger partial charge in [-0.1, -0.05) is 24.3 Å². The maximum atomic E-state index is 12.1. The number of likely N-dealkylation sites (tertiary alicyclic amines) is 1. The van der Waals surface area contributed by atoms with E-state index in [1.807, 2.05) is 30.3 Å². The van der Waals surface area contributed by atoms with Crippen molar-refractivity contribution in [3.8, 4) is 6.07 Å². The summed E-state index contributed by atoms with van der Waals surface area (Å²) < 4.78 is 0. The van der Waals surface area contributed by atoms with E-state index in [1.54, 1.807) is 4.90 Å². The number of nitrogens with zero attached hydrogens (tertiary/aromatic N) is 2. The maximum Gasteiger partial charge on any atom is 0.254 e. The average molecular weight is 240 g/mol. The van der Waals surface area contributed by atoms with Gasteiger partial charge in [-0.2, -0.15) is 5.26 Å². The Hall–Kier alpha value is -2.28. The van der Waals surface area contributed by atoms with Crippen LogP contribution in [0.2, 0.25) is 0 Å². The van der Waals surface area contributed by atoms with Gasteiger partial charge in [-0.25, -0.2) is 0 Å². The first-order chi connectivity index (χ1) is 8.77. The van der Waals surface area contributed by atoms with Gasteiger partial charge < -0.3 is 10.0 Å². The highest BCUT2D eigenvalue weighted by Crippen LogP contribution is 2.46. The number of fused-ring (bicyclic) bond motifs is 3. The molecular weight excluding hydrogens is 228 g/mol. The Kier molecular flexibility index (Phi) is 2.34. The second-order valence-electron chi connectivity index (χ2n) is 4.62. The molecule has 3 rings (SSSR count). The van der Waals surface area contributed by atoms with Crippen LogP contribution in [-0.4, -0.2) is 28.5 Å². The lowest BCUT2D eigenvalue weighted by Gasteiger charge is -2.19. The Labute approximate surface area is 105 Å². The molecule has 4 heteroatoms. The molecule has 18 heavy (non-hydrogen) atoms. The van der Waals surface area contributed by atoms with Gasteiger partial charge in [-0.15, -0.1) is 0 Å². The molecule has 2 unspecified atom stereocenters. The van der Waals surface area contributed by atoms with Gasteiger partial charge in [-0.05, 0) is 17.5 Å². The monoisotopic (exact) mass is 240 g/mol. The minimum atomic E-state index is -0.219. The number of aliphatic hydroxyl groups is 1. The van der Waals surface area contributed by atoms with Gasteiger partial charge in [0.15, 0.2) is 0 Å².